The summed E-state index contributed by atoms with van der Waals surface area (Å²) in [5.41, 5.74) is 4.84. The molecule has 0 saturated heterocycles. The van der Waals surface area contributed by atoms with Crippen LogP contribution in [0, 0.1) is 23.2 Å². The zero-order valence-electron chi connectivity index (χ0n) is 13.8. The SMILES string of the molecule is CCC(=NNC(=O)c1cccnc1)C12CC3CC(CC(C3)C1)C2. The molecule has 1 N–H and O–H groups in total. The van der Waals surface area contributed by atoms with Gasteiger partial charge in [-0.1, -0.05) is 6.92 Å². The Bertz CT molecular complexity index is 587. The van der Waals surface area contributed by atoms with Crippen molar-refractivity contribution >= 4 is 11.6 Å². The molecule has 1 heterocycles. The van der Waals surface area contributed by atoms with Gasteiger partial charge in [0, 0.05) is 23.5 Å². The van der Waals surface area contributed by atoms with E-state index in [9.17, 15) is 4.79 Å². The number of amides is 1. The molecule has 4 saturated carbocycles. The number of hydrogen-bond acceptors (Lipinski definition) is 3. The van der Waals surface area contributed by atoms with Gasteiger partial charge in [0.05, 0.1) is 5.56 Å². The summed E-state index contributed by atoms with van der Waals surface area (Å²) in [5.74, 6) is 2.53. The van der Waals surface area contributed by atoms with E-state index < -0.39 is 0 Å². The summed E-state index contributed by atoms with van der Waals surface area (Å²) in [6, 6.07) is 3.55. The van der Waals surface area contributed by atoms with E-state index in [-0.39, 0.29) is 11.3 Å². The Morgan fingerprint density at radius 1 is 1.26 bits per heavy atom. The first-order valence-electron chi connectivity index (χ1n) is 8.96. The zero-order valence-corrected chi connectivity index (χ0v) is 13.8. The summed E-state index contributed by atoms with van der Waals surface area (Å²) in [6.45, 7) is 2.17. The number of hydrazone groups is 1. The van der Waals surface area contributed by atoms with E-state index in [0.29, 0.717) is 5.56 Å². The number of nitrogens with zero attached hydrogens (tertiary/aromatic N) is 2. The molecule has 4 bridgehead atoms. The van der Waals surface area contributed by atoms with Crippen molar-refractivity contribution in [2.75, 3.05) is 0 Å². The van der Waals surface area contributed by atoms with Crippen LogP contribution >= 0.6 is 0 Å². The molecule has 1 amide bonds. The fraction of sp³-hybridized carbons (Fsp3) is 0.632. The fourth-order valence-electron chi connectivity index (χ4n) is 5.72. The monoisotopic (exact) mass is 311 g/mol. The van der Waals surface area contributed by atoms with Crippen molar-refractivity contribution in [1.82, 2.24) is 10.4 Å². The Labute approximate surface area is 137 Å². The van der Waals surface area contributed by atoms with Crippen LogP contribution in [0.1, 0.15) is 62.2 Å². The third kappa shape index (κ3) is 2.68. The van der Waals surface area contributed by atoms with Crippen LogP contribution in [0.15, 0.2) is 29.6 Å². The maximum Gasteiger partial charge on any atom is 0.272 e. The van der Waals surface area contributed by atoms with Gasteiger partial charge >= 0.3 is 0 Å². The lowest BCUT2D eigenvalue weighted by molar-refractivity contribution is -0.0134. The Balaban J connectivity index is 1.53. The Morgan fingerprint density at radius 3 is 2.43 bits per heavy atom. The van der Waals surface area contributed by atoms with Crippen LogP contribution in [0.2, 0.25) is 0 Å². The summed E-state index contributed by atoms with van der Waals surface area (Å²) < 4.78 is 0. The number of hydrogen-bond donors (Lipinski definition) is 1. The van der Waals surface area contributed by atoms with E-state index in [2.05, 4.69) is 22.4 Å². The van der Waals surface area contributed by atoms with E-state index in [4.69, 9.17) is 0 Å². The number of carbonyl (C=O) groups is 1. The van der Waals surface area contributed by atoms with E-state index in [1.54, 1.807) is 24.5 Å². The van der Waals surface area contributed by atoms with Crippen molar-refractivity contribution < 1.29 is 4.79 Å². The predicted octanol–water partition coefficient (Wildman–Crippen LogP) is 3.79. The molecule has 0 spiro atoms. The second-order valence-electron chi connectivity index (χ2n) is 7.79. The highest BCUT2D eigenvalue weighted by Gasteiger charge is 2.52. The first kappa shape index (κ1) is 14.9. The van der Waals surface area contributed by atoms with Crippen LogP contribution in [0.4, 0.5) is 0 Å². The van der Waals surface area contributed by atoms with Gasteiger partial charge in [-0.3, -0.25) is 9.78 Å². The van der Waals surface area contributed by atoms with Crippen LogP contribution in [-0.4, -0.2) is 16.6 Å². The number of pyridine rings is 1. The van der Waals surface area contributed by atoms with Crippen LogP contribution < -0.4 is 5.43 Å². The Hall–Kier alpha value is -1.71. The van der Waals surface area contributed by atoms with Crippen LogP contribution in [0.3, 0.4) is 0 Å². The van der Waals surface area contributed by atoms with Crippen molar-refractivity contribution in [3.8, 4) is 0 Å². The van der Waals surface area contributed by atoms with Crippen molar-refractivity contribution in [2.24, 2.45) is 28.3 Å². The highest BCUT2D eigenvalue weighted by molar-refractivity contribution is 5.96. The van der Waals surface area contributed by atoms with Gasteiger partial charge in [-0.05, 0) is 74.8 Å². The van der Waals surface area contributed by atoms with Gasteiger partial charge in [0.25, 0.3) is 5.91 Å². The van der Waals surface area contributed by atoms with Crippen LogP contribution in [0.25, 0.3) is 0 Å². The summed E-state index contributed by atoms with van der Waals surface area (Å²) in [6.07, 6.45) is 12.3. The summed E-state index contributed by atoms with van der Waals surface area (Å²) in [4.78, 5) is 16.2. The van der Waals surface area contributed by atoms with Crippen LogP contribution in [0.5, 0.6) is 0 Å². The molecule has 0 unspecified atom stereocenters. The molecular weight excluding hydrogens is 286 g/mol. The van der Waals surface area contributed by atoms with Gasteiger partial charge in [-0.15, -0.1) is 0 Å². The van der Waals surface area contributed by atoms with E-state index in [1.165, 1.54) is 44.2 Å². The molecule has 4 fully saturated rings. The summed E-state index contributed by atoms with van der Waals surface area (Å²) >= 11 is 0. The maximum atomic E-state index is 12.2. The van der Waals surface area contributed by atoms with Crippen LogP contribution in [-0.2, 0) is 0 Å². The third-order valence-electron chi connectivity index (χ3n) is 6.20. The number of carbonyl (C=O) groups excluding carboxylic acids is 1. The van der Waals surface area contributed by atoms with Gasteiger partial charge in [0.2, 0.25) is 0 Å². The predicted molar refractivity (Wildman–Crippen MR) is 90.0 cm³/mol. The van der Waals surface area contributed by atoms with E-state index in [0.717, 1.165) is 24.2 Å². The molecule has 0 atom stereocenters. The lowest BCUT2D eigenvalue weighted by atomic mass is 9.48. The average molecular weight is 311 g/mol. The first-order valence-corrected chi connectivity index (χ1v) is 8.96. The third-order valence-corrected chi connectivity index (χ3v) is 6.20. The average Bonchev–Trinajstić information content (AvgIpc) is 2.54. The molecule has 122 valence electrons. The standard InChI is InChI=1S/C19H25N3O/c1-2-17(21-22-18(23)16-4-3-5-20-12-16)19-9-13-6-14(10-19)8-15(7-13)11-19/h3-5,12-15H,2,6-11H2,1H3,(H,22,23). The molecule has 23 heavy (non-hydrogen) atoms. The molecule has 1 aromatic rings. The molecular formula is C19H25N3O. The highest BCUT2D eigenvalue weighted by Crippen LogP contribution is 2.60. The quantitative estimate of drug-likeness (QED) is 0.679. The molecule has 1 aromatic heterocycles. The van der Waals surface area contributed by atoms with E-state index >= 15 is 0 Å². The normalized spacial score (nSPS) is 35.3. The topological polar surface area (TPSA) is 54.4 Å². The van der Waals surface area contributed by atoms with Crippen molar-refractivity contribution in [1.29, 1.82) is 0 Å². The summed E-state index contributed by atoms with van der Waals surface area (Å²) in [5, 5.41) is 4.60. The molecule has 5 rings (SSSR count). The van der Waals surface area contributed by atoms with Gasteiger partial charge in [-0.2, -0.15) is 5.10 Å². The maximum absolute atomic E-state index is 12.2. The lowest BCUT2D eigenvalue weighted by Gasteiger charge is -2.57. The highest BCUT2D eigenvalue weighted by atomic mass is 16.2. The summed E-state index contributed by atoms with van der Waals surface area (Å²) in [7, 11) is 0. The molecule has 4 aliphatic carbocycles. The second-order valence-corrected chi connectivity index (χ2v) is 7.79. The smallest absolute Gasteiger partial charge is 0.267 e. The number of rotatable bonds is 4. The fourth-order valence-corrected chi connectivity index (χ4v) is 5.72. The van der Waals surface area contributed by atoms with E-state index in [1.807, 2.05) is 0 Å². The lowest BCUT2D eigenvalue weighted by Crippen LogP contribution is -2.50. The van der Waals surface area contributed by atoms with Gasteiger partial charge in [-0.25, -0.2) is 5.43 Å². The minimum atomic E-state index is -0.159. The minimum absolute atomic E-state index is 0.159. The second kappa shape index (κ2) is 5.73. The Kier molecular flexibility index (Phi) is 3.70. The number of nitrogens with one attached hydrogen (secondary N) is 1. The molecule has 0 aromatic carbocycles. The van der Waals surface area contributed by atoms with Crippen molar-refractivity contribution in [3.05, 3.63) is 30.1 Å². The molecule has 0 radical (unpaired) electrons. The molecule has 4 heteroatoms. The first-order chi connectivity index (χ1) is 11.2. The van der Waals surface area contributed by atoms with Gasteiger partial charge in [0.1, 0.15) is 0 Å². The molecule has 0 aliphatic heterocycles. The van der Waals surface area contributed by atoms with Gasteiger partial charge in [0.15, 0.2) is 0 Å². The molecule has 4 nitrogen and oxygen atoms in total. The van der Waals surface area contributed by atoms with Crippen molar-refractivity contribution in [2.45, 2.75) is 51.9 Å². The Morgan fingerprint density at radius 2 is 1.91 bits per heavy atom. The number of aromatic nitrogens is 1. The van der Waals surface area contributed by atoms with Gasteiger partial charge < -0.3 is 0 Å². The minimum Gasteiger partial charge on any atom is -0.267 e. The largest absolute Gasteiger partial charge is 0.272 e. The zero-order chi connectivity index (χ0) is 15.9. The molecule has 4 aliphatic rings. The van der Waals surface area contributed by atoms with Crippen molar-refractivity contribution in [3.63, 3.8) is 0 Å².